The van der Waals surface area contributed by atoms with Crippen molar-refractivity contribution in [3.8, 4) is 0 Å². The SMILES string of the molecule is COC(=O)[C@@H]1[C@@H]2[C@H](CN1C(=O)OC(C)(C)C)C2(C(F)(F)F)C(F)(F)F. The number of carbonyl (C=O) groups is 2. The third-order valence-corrected chi connectivity index (χ3v) is 4.51. The van der Waals surface area contributed by atoms with Gasteiger partial charge in [-0.1, -0.05) is 0 Å². The Hall–Kier alpha value is -1.68. The summed E-state index contributed by atoms with van der Waals surface area (Å²) in [5, 5.41) is 0. The third-order valence-electron chi connectivity index (χ3n) is 4.51. The standard InChI is InChI=1S/C14H17F6NO4/c1-11(2,3)25-10(23)21-5-6-7(8(21)9(22)24-4)12(6,13(15,16)17)14(18,19)20/h6-8H,5H2,1-4H3/t6-,7-,8-/m0/s1. The Kier molecular flexibility index (Phi) is 4.25. The molecule has 0 unspecified atom stereocenters. The lowest BCUT2D eigenvalue weighted by atomic mass is 9.94. The Labute approximate surface area is 139 Å². The summed E-state index contributed by atoms with van der Waals surface area (Å²) in [6, 6.07) is -2.01. The summed E-state index contributed by atoms with van der Waals surface area (Å²) in [4.78, 5) is 24.6. The average Bonchev–Trinajstić information content (AvgIpc) is 2.91. The largest absolute Gasteiger partial charge is 0.467 e. The first kappa shape index (κ1) is 19.6. The molecule has 0 radical (unpaired) electrons. The van der Waals surface area contributed by atoms with Crippen LogP contribution in [0.1, 0.15) is 20.8 Å². The van der Waals surface area contributed by atoms with Crippen LogP contribution in [-0.2, 0) is 14.3 Å². The normalized spacial score (nSPS) is 28.4. The number of rotatable bonds is 1. The summed E-state index contributed by atoms with van der Waals surface area (Å²) in [5.74, 6) is -5.45. The minimum atomic E-state index is -5.60. The molecule has 25 heavy (non-hydrogen) atoms. The van der Waals surface area contributed by atoms with E-state index in [4.69, 9.17) is 4.74 Å². The summed E-state index contributed by atoms with van der Waals surface area (Å²) in [5.41, 5.74) is -5.05. The van der Waals surface area contributed by atoms with Gasteiger partial charge in [-0.15, -0.1) is 0 Å². The number of methoxy groups -OCH3 is 1. The van der Waals surface area contributed by atoms with Crippen molar-refractivity contribution in [3.63, 3.8) is 0 Å². The van der Waals surface area contributed by atoms with Crippen LogP contribution in [0.4, 0.5) is 31.1 Å². The predicted molar refractivity (Wildman–Crippen MR) is 70.3 cm³/mol. The molecule has 1 saturated carbocycles. The number of fused-ring (bicyclic) bond motifs is 1. The fourth-order valence-corrected chi connectivity index (χ4v) is 3.60. The second kappa shape index (κ2) is 5.41. The lowest BCUT2D eigenvalue weighted by Crippen LogP contribution is -2.53. The molecule has 11 heteroatoms. The molecule has 0 aromatic rings. The molecule has 2 rings (SSSR count). The maximum absolute atomic E-state index is 13.2. The summed E-state index contributed by atoms with van der Waals surface area (Å²) in [6.45, 7) is 3.54. The van der Waals surface area contributed by atoms with Crippen LogP contribution in [0.25, 0.3) is 0 Å². The van der Waals surface area contributed by atoms with Crippen LogP contribution in [0.3, 0.4) is 0 Å². The van der Waals surface area contributed by atoms with E-state index in [1.165, 1.54) is 20.8 Å². The number of nitrogens with zero attached hydrogens (tertiary/aromatic N) is 1. The Balaban J connectivity index is 2.40. The van der Waals surface area contributed by atoms with E-state index in [9.17, 15) is 35.9 Å². The molecule has 0 spiro atoms. The summed E-state index contributed by atoms with van der Waals surface area (Å²) >= 11 is 0. The smallest absolute Gasteiger partial charge is 0.411 e. The fourth-order valence-electron chi connectivity index (χ4n) is 3.60. The number of hydrogen-bond acceptors (Lipinski definition) is 4. The molecule has 1 amide bonds. The van der Waals surface area contributed by atoms with Gasteiger partial charge in [0.25, 0.3) is 0 Å². The Bertz CT molecular complexity index is 565. The third kappa shape index (κ3) is 2.80. The van der Waals surface area contributed by atoms with Gasteiger partial charge in [-0.25, -0.2) is 9.59 Å². The minimum Gasteiger partial charge on any atom is -0.467 e. The Morgan fingerprint density at radius 1 is 1.04 bits per heavy atom. The Morgan fingerprint density at radius 3 is 1.88 bits per heavy atom. The predicted octanol–water partition coefficient (Wildman–Crippen LogP) is 3.14. The monoisotopic (exact) mass is 377 g/mol. The van der Waals surface area contributed by atoms with Crippen LogP contribution < -0.4 is 0 Å². The van der Waals surface area contributed by atoms with Gasteiger partial charge >= 0.3 is 24.4 Å². The number of likely N-dealkylation sites (tertiary alicyclic amines) is 1. The zero-order valence-electron chi connectivity index (χ0n) is 13.8. The highest BCUT2D eigenvalue weighted by atomic mass is 19.4. The fraction of sp³-hybridized carbons (Fsp3) is 0.857. The molecule has 1 aliphatic heterocycles. The van der Waals surface area contributed by atoms with E-state index in [2.05, 4.69) is 4.74 Å². The molecule has 1 heterocycles. The molecule has 2 fully saturated rings. The van der Waals surface area contributed by atoms with E-state index in [-0.39, 0.29) is 0 Å². The molecule has 0 aromatic heterocycles. The van der Waals surface area contributed by atoms with E-state index in [1.807, 2.05) is 0 Å². The maximum atomic E-state index is 13.2. The summed E-state index contributed by atoms with van der Waals surface area (Å²) < 4.78 is 88.8. The molecule has 1 aliphatic carbocycles. The molecule has 144 valence electrons. The van der Waals surface area contributed by atoms with E-state index >= 15 is 0 Å². The van der Waals surface area contributed by atoms with Crippen molar-refractivity contribution >= 4 is 12.1 Å². The first-order valence-corrected chi connectivity index (χ1v) is 7.30. The van der Waals surface area contributed by atoms with Crippen molar-refractivity contribution in [2.45, 2.75) is 44.8 Å². The lowest BCUT2D eigenvalue weighted by Gasteiger charge is -2.34. The van der Waals surface area contributed by atoms with Crippen LogP contribution >= 0.6 is 0 Å². The maximum Gasteiger partial charge on any atom is 0.411 e. The van der Waals surface area contributed by atoms with E-state index in [0.29, 0.717) is 4.90 Å². The van der Waals surface area contributed by atoms with Crippen molar-refractivity contribution in [1.29, 1.82) is 0 Å². The summed E-state index contributed by atoms with van der Waals surface area (Å²) in [6.07, 6.45) is -12.4. The van der Waals surface area contributed by atoms with Gasteiger partial charge in [0, 0.05) is 18.4 Å². The minimum absolute atomic E-state index is 0.585. The highest BCUT2D eigenvalue weighted by molar-refractivity contribution is 5.84. The first-order valence-electron chi connectivity index (χ1n) is 7.30. The van der Waals surface area contributed by atoms with Gasteiger partial charge in [0.2, 0.25) is 0 Å². The van der Waals surface area contributed by atoms with E-state index in [1.54, 1.807) is 0 Å². The second-order valence-electron chi connectivity index (χ2n) is 7.10. The highest BCUT2D eigenvalue weighted by Gasteiger charge is 2.93. The van der Waals surface area contributed by atoms with Crippen LogP contribution in [0.5, 0.6) is 0 Å². The molecular formula is C14H17F6NO4. The van der Waals surface area contributed by atoms with Crippen molar-refractivity contribution in [2.75, 3.05) is 13.7 Å². The number of carbonyl (C=O) groups excluding carboxylic acids is 2. The topological polar surface area (TPSA) is 55.8 Å². The number of esters is 1. The average molecular weight is 377 g/mol. The number of piperidine rings is 1. The number of hydrogen-bond donors (Lipinski definition) is 0. The van der Waals surface area contributed by atoms with Gasteiger partial charge in [-0.2, -0.15) is 26.3 Å². The van der Waals surface area contributed by atoms with Gasteiger partial charge in [-0.05, 0) is 20.8 Å². The molecule has 0 bridgehead atoms. The van der Waals surface area contributed by atoms with Crippen molar-refractivity contribution < 1.29 is 45.4 Å². The van der Waals surface area contributed by atoms with Gasteiger partial charge in [-0.3, -0.25) is 4.90 Å². The lowest BCUT2D eigenvalue weighted by molar-refractivity contribution is -0.314. The molecule has 0 N–H and O–H groups in total. The van der Waals surface area contributed by atoms with Crippen LogP contribution in [0.2, 0.25) is 0 Å². The van der Waals surface area contributed by atoms with Crippen LogP contribution in [0.15, 0.2) is 0 Å². The zero-order chi connectivity index (χ0) is 19.6. The Morgan fingerprint density at radius 2 is 1.52 bits per heavy atom. The van der Waals surface area contributed by atoms with E-state index < -0.39 is 59.9 Å². The molecule has 1 saturated heterocycles. The van der Waals surface area contributed by atoms with Gasteiger partial charge in [0.05, 0.1) is 7.11 Å². The number of amides is 1. The van der Waals surface area contributed by atoms with Crippen molar-refractivity contribution in [3.05, 3.63) is 0 Å². The molecule has 3 atom stereocenters. The van der Waals surface area contributed by atoms with E-state index in [0.717, 1.165) is 7.11 Å². The quantitative estimate of drug-likeness (QED) is 0.521. The molecule has 2 aliphatic rings. The van der Waals surface area contributed by atoms with Gasteiger partial charge in [0.15, 0.2) is 5.41 Å². The van der Waals surface area contributed by atoms with Crippen molar-refractivity contribution in [2.24, 2.45) is 17.3 Å². The molecule has 0 aromatic carbocycles. The number of ether oxygens (including phenoxy) is 2. The van der Waals surface area contributed by atoms with Crippen LogP contribution in [-0.4, -0.2) is 54.6 Å². The number of halogens is 6. The first-order chi connectivity index (χ1) is 11.1. The second-order valence-corrected chi connectivity index (χ2v) is 7.10. The van der Waals surface area contributed by atoms with Crippen LogP contribution in [0, 0.1) is 17.3 Å². The summed E-state index contributed by atoms with van der Waals surface area (Å²) in [7, 11) is 0.828. The highest BCUT2D eigenvalue weighted by Crippen LogP contribution is 2.77. The molecular weight excluding hydrogens is 360 g/mol. The number of alkyl halides is 6. The van der Waals surface area contributed by atoms with Gasteiger partial charge in [0.1, 0.15) is 11.6 Å². The zero-order valence-corrected chi connectivity index (χ0v) is 13.8. The van der Waals surface area contributed by atoms with Gasteiger partial charge < -0.3 is 9.47 Å². The molecule has 5 nitrogen and oxygen atoms in total. The van der Waals surface area contributed by atoms with Crippen molar-refractivity contribution in [1.82, 2.24) is 4.90 Å².